The molecule has 0 N–H and O–H groups in total. The number of methoxy groups -OCH3 is 1. The SMILES string of the molecule is COC(=O)CCc1ccc(OC[C@H]2CO2)cc1. The first-order valence-electron chi connectivity index (χ1n) is 5.68. The molecular formula is C13H16O4. The first-order chi connectivity index (χ1) is 8.28. The molecule has 1 saturated heterocycles. The average molecular weight is 236 g/mol. The monoisotopic (exact) mass is 236 g/mol. The Balaban J connectivity index is 1.77. The van der Waals surface area contributed by atoms with Crippen LogP contribution in [0.2, 0.25) is 0 Å². The molecule has 1 aromatic rings. The van der Waals surface area contributed by atoms with E-state index in [1.807, 2.05) is 24.3 Å². The highest BCUT2D eigenvalue weighted by Gasteiger charge is 2.22. The van der Waals surface area contributed by atoms with Crippen LogP contribution in [0.3, 0.4) is 0 Å². The Morgan fingerprint density at radius 1 is 1.41 bits per heavy atom. The van der Waals surface area contributed by atoms with Crippen molar-refractivity contribution < 1.29 is 19.0 Å². The van der Waals surface area contributed by atoms with Crippen LogP contribution < -0.4 is 4.74 Å². The van der Waals surface area contributed by atoms with Crippen LogP contribution in [0.25, 0.3) is 0 Å². The minimum absolute atomic E-state index is 0.184. The van der Waals surface area contributed by atoms with Gasteiger partial charge in [0, 0.05) is 6.42 Å². The Hall–Kier alpha value is -1.55. The lowest BCUT2D eigenvalue weighted by atomic mass is 10.1. The van der Waals surface area contributed by atoms with Gasteiger partial charge < -0.3 is 14.2 Å². The fourth-order valence-corrected chi connectivity index (χ4v) is 1.45. The largest absolute Gasteiger partial charge is 0.491 e. The molecule has 1 heterocycles. The summed E-state index contributed by atoms with van der Waals surface area (Å²) < 4.78 is 15.2. The molecule has 0 aromatic heterocycles. The molecule has 0 bridgehead atoms. The molecule has 92 valence electrons. The number of hydrogen-bond acceptors (Lipinski definition) is 4. The second-order valence-electron chi connectivity index (χ2n) is 3.99. The van der Waals surface area contributed by atoms with Gasteiger partial charge in [0.05, 0.1) is 13.7 Å². The minimum atomic E-state index is -0.184. The van der Waals surface area contributed by atoms with Gasteiger partial charge >= 0.3 is 5.97 Å². The lowest BCUT2D eigenvalue weighted by molar-refractivity contribution is -0.140. The number of carbonyl (C=O) groups is 1. The van der Waals surface area contributed by atoms with Crippen molar-refractivity contribution in [2.75, 3.05) is 20.3 Å². The van der Waals surface area contributed by atoms with E-state index in [2.05, 4.69) is 4.74 Å². The molecule has 0 unspecified atom stereocenters. The minimum Gasteiger partial charge on any atom is -0.491 e. The highest BCUT2D eigenvalue weighted by molar-refractivity contribution is 5.69. The van der Waals surface area contributed by atoms with E-state index >= 15 is 0 Å². The van der Waals surface area contributed by atoms with Gasteiger partial charge in [0.2, 0.25) is 0 Å². The summed E-state index contributed by atoms with van der Waals surface area (Å²) in [5.74, 6) is 0.651. The van der Waals surface area contributed by atoms with Crippen molar-refractivity contribution in [2.24, 2.45) is 0 Å². The molecule has 0 spiro atoms. The van der Waals surface area contributed by atoms with E-state index < -0.39 is 0 Å². The predicted octanol–water partition coefficient (Wildman–Crippen LogP) is 1.57. The Bertz CT molecular complexity index is 368. The predicted molar refractivity (Wildman–Crippen MR) is 62.0 cm³/mol. The van der Waals surface area contributed by atoms with E-state index in [1.165, 1.54) is 7.11 Å². The molecule has 1 aliphatic heterocycles. The second-order valence-corrected chi connectivity index (χ2v) is 3.99. The molecule has 0 amide bonds. The van der Waals surface area contributed by atoms with Crippen LogP contribution in [0.4, 0.5) is 0 Å². The van der Waals surface area contributed by atoms with E-state index in [9.17, 15) is 4.79 Å². The van der Waals surface area contributed by atoms with Gasteiger partial charge in [0.15, 0.2) is 0 Å². The third-order valence-electron chi connectivity index (χ3n) is 2.61. The fraction of sp³-hybridized carbons (Fsp3) is 0.462. The molecule has 0 aliphatic carbocycles. The van der Waals surface area contributed by atoms with Crippen LogP contribution in [0.1, 0.15) is 12.0 Å². The number of ether oxygens (including phenoxy) is 3. The summed E-state index contributed by atoms with van der Waals surface area (Å²) in [6.07, 6.45) is 1.37. The number of epoxide rings is 1. The van der Waals surface area contributed by atoms with Gasteiger partial charge in [-0.3, -0.25) is 4.79 Å². The van der Waals surface area contributed by atoms with Crippen LogP contribution in [-0.4, -0.2) is 32.4 Å². The number of hydrogen-bond donors (Lipinski definition) is 0. The smallest absolute Gasteiger partial charge is 0.305 e. The van der Waals surface area contributed by atoms with E-state index in [0.29, 0.717) is 19.4 Å². The van der Waals surface area contributed by atoms with Gasteiger partial charge in [-0.25, -0.2) is 0 Å². The molecule has 1 aliphatic rings. The molecule has 4 nitrogen and oxygen atoms in total. The first kappa shape index (κ1) is 11.9. The van der Waals surface area contributed by atoms with E-state index in [-0.39, 0.29) is 12.1 Å². The summed E-state index contributed by atoms with van der Waals surface area (Å²) in [7, 11) is 1.40. The highest BCUT2D eigenvalue weighted by Crippen LogP contribution is 2.16. The number of esters is 1. The lowest BCUT2D eigenvalue weighted by Gasteiger charge is -2.05. The van der Waals surface area contributed by atoms with Crippen molar-refractivity contribution in [1.82, 2.24) is 0 Å². The number of benzene rings is 1. The van der Waals surface area contributed by atoms with Crippen molar-refractivity contribution in [3.8, 4) is 5.75 Å². The van der Waals surface area contributed by atoms with Gasteiger partial charge in [-0.05, 0) is 24.1 Å². The van der Waals surface area contributed by atoms with Crippen LogP contribution >= 0.6 is 0 Å². The molecule has 1 fully saturated rings. The third-order valence-corrected chi connectivity index (χ3v) is 2.61. The normalized spacial score (nSPS) is 17.6. The zero-order valence-electron chi connectivity index (χ0n) is 9.85. The summed E-state index contributed by atoms with van der Waals surface area (Å²) in [4.78, 5) is 11.0. The maximum absolute atomic E-state index is 11.0. The maximum atomic E-state index is 11.0. The van der Waals surface area contributed by atoms with Crippen LogP contribution in [0.5, 0.6) is 5.75 Å². The Kier molecular flexibility index (Phi) is 3.98. The third kappa shape index (κ3) is 4.07. The van der Waals surface area contributed by atoms with Gasteiger partial charge in [0.25, 0.3) is 0 Å². The van der Waals surface area contributed by atoms with Gasteiger partial charge in [0.1, 0.15) is 18.5 Å². The van der Waals surface area contributed by atoms with E-state index in [0.717, 1.165) is 17.9 Å². The van der Waals surface area contributed by atoms with Crippen molar-refractivity contribution in [3.63, 3.8) is 0 Å². The molecule has 1 aromatic carbocycles. The Labute approximate surface area is 100 Å². The molecular weight excluding hydrogens is 220 g/mol. The average Bonchev–Trinajstić information content (AvgIpc) is 3.18. The number of rotatable bonds is 6. The maximum Gasteiger partial charge on any atom is 0.305 e. The molecule has 0 radical (unpaired) electrons. The number of carbonyl (C=O) groups excluding carboxylic acids is 1. The molecule has 2 rings (SSSR count). The van der Waals surface area contributed by atoms with Gasteiger partial charge in [-0.2, -0.15) is 0 Å². The zero-order chi connectivity index (χ0) is 12.1. The molecule has 17 heavy (non-hydrogen) atoms. The summed E-state index contributed by atoms with van der Waals surface area (Å²) in [5.41, 5.74) is 1.10. The standard InChI is InChI=1S/C13H16O4/c1-15-13(14)7-4-10-2-5-11(6-3-10)16-8-12-9-17-12/h2-3,5-6,12H,4,7-9H2,1H3/t12-/m0/s1. The molecule has 1 atom stereocenters. The van der Waals surface area contributed by atoms with Crippen LogP contribution in [-0.2, 0) is 20.7 Å². The van der Waals surface area contributed by atoms with Crippen molar-refractivity contribution >= 4 is 5.97 Å². The summed E-state index contributed by atoms with van der Waals surface area (Å²) in [6, 6.07) is 7.75. The Morgan fingerprint density at radius 2 is 2.12 bits per heavy atom. The topological polar surface area (TPSA) is 48.1 Å². The molecule has 0 saturated carbocycles. The van der Waals surface area contributed by atoms with E-state index in [1.54, 1.807) is 0 Å². The lowest BCUT2D eigenvalue weighted by Crippen LogP contribution is -2.04. The van der Waals surface area contributed by atoms with Crippen molar-refractivity contribution in [2.45, 2.75) is 18.9 Å². The molecule has 4 heteroatoms. The number of aryl methyl sites for hydroxylation is 1. The zero-order valence-corrected chi connectivity index (χ0v) is 9.85. The fourth-order valence-electron chi connectivity index (χ4n) is 1.45. The van der Waals surface area contributed by atoms with Crippen molar-refractivity contribution in [1.29, 1.82) is 0 Å². The van der Waals surface area contributed by atoms with E-state index in [4.69, 9.17) is 9.47 Å². The summed E-state index contributed by atoms with van der Waals surface area (Å²) in [6.45, 7) is 1.42. The first-order valence-corrected chi connectivity index (χ1v) is 5.68. The summed E-state index contributed by atoms with van der Waals surface area (Å²) in [5, 5.41) is 0. The van der Waals surface area contributed by atoms with Crippen molar-refractivity contribution in [3.05, 3.63) is 29.8 Å². The van der Waals surface area contributed by atoms with Crippen LogP contribution in [0.15, 0.2) is 24.3 Å². The second kappa shape index (κ2) is 5.68. The van der Waals surface area contributed by atoms with Crippen LogP contribution in [0, 0.1) is 0 Å². The van der Waals surface area contributed by atoms with Gasteiger partial charge in [-0.1, -0.05) is 12.1 Å². The Morgan fingerprint density at radius 3 is 2.71 bits per heavy atom. The quantitative estimate of drug-likeness (QED) is 0.555. The highest BCUT2D eigenvalue weighted by atomic mass is 16.6. The summed E-state index contributed by atoms with van der Waals surface area (Å²) >= 11 is 0. The van der Waals surface area contributed by atoms with Gasteiger partial charge in [-0.15, -0.1) is 0 Å².